The fourth-order valence-electron chi connectivity index (χ4n) is 3.09. The molecule has 19 heavy (non-hydrogen) atoms. The number of hydrogen-bond donors (Lipinski definition) is 0. The average molecular weight is 252 g/mol. The molecule has 2 heteroatoms. The lowest BCUT2D eigenvalue weighted by Crippen LogP contribution is -2.26. The lowest BCUT2D eigenvalue weighted by atomic mass is 10.0. The van der Waals surface area contributed by atoms with E-state index in [-0.39, 0.29) is 0 Å². The Morgan fingerprint density at radius 1 is 1.00 bits per heavy atom. The highest BCUT2D eigenvalue weighted by atomic mass is 15.4. The van der Waals surface area contributed by atoms with E-state index in [1.54, 1.807) is 0 Å². The summed E-state index contributed by atoms with van der Waals surface area (Å²) >= 11 is 0. The Balaban J connectivity index is 2.01. The van der Waals surface area contributed by atoms with E-state index in [4.69, 9.17) is 0 Å². The molecule has 0 amide bonds. The van der Waals surface area contributed by atoms with Gasteiger partial charge in [0.05, 0.1) is 12.4 Å². The number of aryl methyl sites for hydroxylation is 3. The molecule has 1 aromatic carbocycles. The normalized spacial score (nSPS) is 17.5. The number of anilines is 1. The monoisotopic (exact) mass is 252 g/mol. The Kier molecular flexibility index (Phi) is 2.74. The van der Waals surface area contributed by atoms with Gasteiger partial charge in [0.15, 0.2) is 0 Å². The van der Waals surface area contributed by atoms with Crippen LogP contribution in [0.4, 0.5) is 5.69 Å². The molecule has 0 aromatic heterocycles. The zero-order valence-electron chi connectivity index (χ0n) is 12.1. The molecule has 0 bridgehead atoms. The first-order valence-corrected chi connectivity index (χ1v) is 6.75. The highest BCUT2D eigenvalue weighted by molar-refractivity contribution is 5.64. The van der Waals surface area contributed by atoms with Crippen molar-refractivity contribution in [3.05, 3.63) is 64.6 Å². The van der Waals surface area contributed by atoms with Crippen molar-refractivity contribution in [2.45, 2.75) is 27.7 Å². The lowest BCUT2D eigenvalue weighted by molar-refractivity contribution is 0.476. The third-order valence-electron chi connectivity index (χ3n) is 3.85. The Labute approximate surface area is 115 Å². The number of nitrogens with zero attached hydrogens (tertiary/aromatic N) is 2. The van der Waals surface area contributed by atoms with Crippen LogP contribution in [0.5, 0.6) is 0 Å². The standard InChI is InChI=1S/C17H20N2/c1-12-8-13(2)17(14(3)9-12)18-10-16-7-5-6-15(4)19(16)11-18/h5-10H,11H2,1-4H3. The van der Waals surface area contributed by atoms with E-state index in [2.05, 4.69) is 74.1 Å². The van der Waals surface area contributed by atoms with Gasteiger partial charge in [-0.1, -0.05) is 23.8 Å². The first-order valence-electron chi connectivity index (χ1n) is 6.75. The van der Waals surface area contributed by atoms with E-state index in [0.717, 1.165) is 6.67 Å². The molecule has 2 aliphatic rings. The van der Waals surface area contributed by atoms with Crippen molar-refractivity contribution in [3.8, 4) is 0 Å². The van der Waals surface area contributed by atoms with Crippen LogP contribution in [0.15, 0.2) is 48.0 Å². The van der Waals surface area contributed by atoms with Crippen LogP contribution in [0.25, 0.3) is 0 Å². The van der Waals surface area contributed by atoms with Gasteiger partial charge in [0.25, 0.3) is 0 Å². The van der Waals surface area contributed by atoms with Gasteiger partial charge in [-0.15, -0.1) is 0 Å². The van der Waals surface area contributed by atoms with Crippen LogP contribution in [0.3, 0.4) is 0 Å². The number of hydrogen-bond acceptors (Lipinski definition) is 2. The van der Waals surface area contributed by atoms with Gasteiger partial charge in [0.2, 0.25) is 0 Å². The van der Waals surface area contributed by atoms with Crippen molar-refractivity contribution in [2.75, 3.05) is 11.6 Å². The lowest BCUT2D eigenvalue weighted by Gasteiger charge is -2.26. The second-order valence-corrected chi connectivity index (χ2v) is 5.51. The second-order valence-electron chi connectivity index (χ2n) is 5.51. The summed E-state index contributed by atoms with van der Waals surface area (Å²) in [4.78, 5) is 4.70. The molecule has 0 saturated heterocycles. The van der Waals surface area contributed by atoms with Crippen molar-refractivity contribution >= 4 is 5.69 Å². The molecule has 0 atom stereocenters. The fourth-order valence-corrected chi connectivity index (χ4v) is 3.09. The van der Waals surface area contributed by atoms with Crippen molar-refractivity contribution in [2.24, 2.45) is 0 Å². The van der Waals surface area contributed by atoms with Gasteiger partial charge in [0.1, 0.15) is 0 Å². The molecule has 0 aliphatic carbocycles. The topological polar surface area (TPSA) is 6.48 Å². The van der Waals surface area contributed by atoms with E-state index >= 15 is 0 Å². The molecule has 0 unspecified atom stereocenters. The molecule has 0 saturated carbocycles. The molecule has 2 nitrogen and oxygen atoms in total. The maximum absolute atomic E-state index is 2.35. The number of fused-ring (bicyclic) bond motifs is 1. The third kappa shape index (κ3) is 1.97. The minimum atomic E-state index is 0.909. The summed E-state index contributed by atoms with van der Waals surface area (Å²) in [6.07, 6.45) is 8.70. The third-order valence-corrected chi connectivity index (χ3v) is 3.85. The Bertz CT molecular complexity index is 597. The zero-order valence-corrected chi connectivity index (χ0v) is 12.1. The molecular formula is C17H20N2. The quantitative estimate of drug-likeness (QED) is 0.745. The number of benzene rings is 1. The summed E-state index contributed by atoms with van der Waals surface area (Å²) < 4.78 is 0. The number of rotatable bonds is 1. The SMILES string of the molecule is CC1=CC=CC2=CN(c3c(C)cc(C)cc3C)CN12. The van der Waals surface area contributed by atoms with Gasteiger partial charge in [-0.2, -0.15) is 0 Å². The van der Waals surface area contributed by atoms with E-state index < -0.39 is 0 Å². The van der Waals surface area contributed by atoms with Crippen LogP contribution < -0.4 is 4.90 Å². The largest absolute Gasteiger partial charge is 0.327 e. The van der Waals surface area contributed by atoms with Crippen molar-refractivity contribution in [1.29, 1.82) is 0 Å². The summed E-state index contributed by atoms with van der Waals surface area (Å²) in [6, 6.07) is 4.52. The van der Waals surface area contributed by atoms with Crippen LogP contribution in [0.1, 0.15) is 23.6 Å². The molecule has 0 spiro atoms. The fraction of sp³-hybridized carbons (Fsp3) is 0.294. The minimum absolute atomic E-state index is 0.909. The predicted molar refractivity (Wildman–Crippen MR) is 80.8 cm³/mol. The minimum Gasteiger partial charge on any atom is -0.327 e. The van der Waals surface area contributed by atoms with Gasteiger partial charge in [-0.25, -0.2) is 0 Å². The van der Waals surface area contributed by atoms with Crippen molar-refractivity contribution in [1.82, 2.24) is 4.90 Å². The predicted octanol–water partition coefficient (Wildman–Crippen LogP) is 4.01. The molecule has 0 fully saturated rings. The van der Waals surface area contributed by atoms with E-state index in [1.807, 2.05) is 0 Å². The van der Waals surface area contributed by atoms with Crippen LogP contribution in [-0.2, 0) is 0 Å². The molecule has 98 valence electrons. The first-order chi connectivity index (χ1) is 9.06. The molecule has 2 heterocycles. The Morgan fingerprint density at radius 2 is 1.68 bits per heavy atom. The maximum Gasteiger partial charge on any atom is 0.0992 e. The maximum atomic E-state index is 2.35. The molecule has 3 rings (SSSR count). The summed E-state index contributed by atoms with van der Waals surface area (Å²) in [7, 11) is 0. The number of allylic oxidation sites excluding steroid dienone is 4. The van der Waals surface area contributed by atoms with Gasteiger partial charge in [0, 0.05) is 17.6 Å². The second kappa shape index (κ2) is 4.30. The molecular weight excluding hydrogens is 232 g/mol. The molecule has 0 radical (unpaired) electrons. The summed E-state index contributed by atoms with van der Waals surface area (Å²) in [6.45, 7) is 9.63. The Hall–Kier alpha value is -1.96. The molecule has 0 N–H and O–H groups in total. The van der Waals surface area contributed by atoms with Gasteiger partial charge in [-0.3, -0.25) is 0 Å². The van der Waals surface area contributed by atoms with E-state index in [1.165, 1.54) is 33.8 Å². The smallest absolute Gasteiger partial charge is 0.0992 e. The van der Waals surface area contributed by atoms with E-state index in [9.17, 15) is 0 Å². The van der Waals surface area contributed by atoms with Crippen LogP contribution in [0.2, 0.25) is 0 Å². The zero-order chi connectivity index (χ0) is 13.6. The van der Waals surface area contributed by atoms with Gasteiger partial charge in [-0.05, 0) is 51.0 Å². The first kappa shape index (κ1) is 12.1. The molecule has 2 aliphatic heterocycles. The van der Waals surface area contributed by atoms with Crippen LogP contribution in [-0.4, -0.2) is 11.6 Å². The highest BCUT2D eigenvalue weighted by Crippen LogP contribution is 2.33. The van der Waals surface area contributed by atoms with Crippen molar-refractivity contribution < 1.29 is 0 Å². The molecule has 1 aromatic rings. The van der Waals surface area contributed by atoms with Crippen molar-refractivity contribution in [3.63, 3.8) is 0 Å². The average Bonchev–Trinajstić information content (AvgIpc) is 2.72. The van der Waals surface area contributed by atoms with E-state index in [0.29, 0.717) is 0 Å². The summed E-state index contributed by atoms with van der Waals surface area (Å²) in [5, 5.41) is 0. The highest BCUT2D eigenvalue weighted by Gasteiger charge is 2.24. The van der Waals surface area contributed by atoms with Crippen LogP contribution in [0, 0.1) is 20.8 Å². The van der Waals surface area contributed by atoms with Gasteiger partial charge < -0.3 is 9.80 Å². The summed E-state index contributed by atoms with van der Waals surface area (Å²) in [5.74, 6) is 0. The Morgan fingerprint density at radius 3 is 2.32 bits per heavy atom. The summed E-state index contributed by atoms with van der Waals surface area (Å²) in [5.41, 5.74) is 7.95. The van der Waals surface area contributed by atoms with Crippen LogP contribution >= 0.6 is 0 Å². The van der Waals surface area contributed by atoms with Gasteiger partial charge >= 0.3 is 0 Å².